The summed E-state index contributed by atoms with van der Waals surface area (Å²) in [5.74, 6) is 0.0362. The third-order valence-electron chi connectivity index (χ3n) is 5.07. The summed E-state index contributed by atoms with van der Waals surface area (Å²) >= 11 is 0. The molecule has 0 fully saturated rings. The Morgan fingerprint density at radius 1 is 0.970 bits per heavy atom. The minimum atomic E-state index is -4.14. The Balaban J connectivity index is 2.08. The van der Waals surface area contributed by atoms with E-state index in [4.69, 9.17) is 0 Å². The molecule has 1 amide bonds. The standard InChI is InChI=1S/C22H29N5O5S/c1-13(2)11-19(28)23-16-7-9-17(10-8-16)33(31,32)25-12-18-20(24-25)26(14(3)4)22(30)27(15(5)6)21(18)29/h7-10,12-15H,11H2,1-6H3,(H,23,28). The molecule has 0 radical (unpaired) electrons. The van der Waals surface area contributed by atoms with Crippen LogP contribution in [-0.4, -0.2) is 32.6 Å². The molecule has 0 aliphatic heterocycles. The molecule has 0 spiro atoms. The number of carbonyl (C=O) groups excluding carboxylic acids is 1. The van der Waals surface area contributed by atoms with Gasteiger partial charge in [0.15, 0.2) is 5.65 Å². The molecule has 1 N–H and O–H groups in total. The predicted molar refractivity (Wildman–Crippen MR) is 126 cm³/mol. The number of benzene rings is 1. The molecule has 3 aromatic rings. The number of hydrogen-bond donors (Lipinski definition) is 1. The van der Waals surface area contributed by atoms with E-state index >= 15 is 0 Å². The lowest BCUT2D eigenvalue weighted by Crippen LogP contribution is -2.41. The van der Waals surface area contributed by atoms with Crippen molar-refractivity contribution in [3.8, 4) is 0 Å². The van der Waals surface area contributed by atoms with Crippen molar-refractivity contribution in [1.29, 1.82) is 0 Å². The number of rotatable bonds is 7. The van der Waals surface area contributed by atoms with Gasteiger partial charge in [0.2, 0.25) is 5.91 Å². The second-order valence-electron chi connectivity index (χ2n) is 8.93. The van der Waals surface area contributed by atoms with Crippen molar-refractivity contribution >= 4 is 32.7 Å². The maximum absolute atomic E-state index is 13.2. The summed E-state index contributed by atoms with van der Waals surface area (Å²) in [4.78, 5) is 37.7. The van der Waals surface area contributed by atoms with Gasteiger partial charge in [-0.25, -0.2) is 4.79 Å². The topological polar surface area (TPSA) is 125 Å². The maximum Gasteiger partial charge on any atom is 0.333 e. The first kappa shape index (κ1) is 24.4. The van der Waals surface area contributed by atoms with Crippen molar-refractivity contribution in [3.63, 3.8) is 0 Å². The van der Waals surface area contributed by atoms with Crippen LogP contribution in [0.25, 0.3) is 11.0 Å². The molecule has 0 unspecified atom stereocenters. The van der Waals surface area contributed by atoms with Crippen molar-refractivity contribution in [1.82, 2.24) is 18.3 Å². The Bertz CT molecular complexity index is 1410. The molecule has 0 saturated carbocycles. The van der Waals surface area contributed by atoms with Gasteiger partial charge < -0.3 is 5.32 Å². The Kier molecular flexibility index (Phi) is 6.64. The predicted octanol–water partition coefficient (Wildman–Crippen LogP) is 2.74. The zero-order valence-corrected chi connectivity index (χ0v) is 20.4. The Labute approximate surface area is 191 Å². The molecule has 2 aromatic heterocycles. The molecular formula is C22H29N5O5S. The minimum absolute atomic E-state index is 0.0121. The lowest BCUT2D eigenvalue weighted by Gasteiger charge is -2.15. The van der Waals surface area contributed by atoms with E-state index in [9.17, 15) is 22.8 Å². The van der Waals surface area contributed by atoms with Crippen LogP contribution in [0.4, 0.5) is 5.69 Å². The lowest BCUT2D eigenvalue weighted by molar-refractivity contribution is -0.116. The molecule has 0 atom stereocenters. The van der Waals surface area contributed by atoms with E-state index in [1.807, 2.05) is 13.8 Å². The van der Waals surface area contributed by atoms with Crippen LogP contribution < -0.4 is 16.6 Å². The SMILES string of the molecule is CC(C)CC(=O)Nc1ccc(S(=O)(=O)n2cc3c(=O)n(C(C)C)c(=O)n(C(C)C)c3n2)cc1. The number of amides is 1. The first-order valence-electron chi connectivity index (χ1n) is 10.8. The van der Waals surface area contributed by atoms with Gasteiger partial charge in [-0.2, -0.15) is 12.5 Å². The third-order valence-corrected chi connectivity index (χ3v) is 6.62. The van der Waals surface area contributed by atoms with E-state index < -0.39 is 27.3 Å². The number of anilines is 1. The largest absolute Gasteiger partial charge is 0.333 e. The summed E-state index contributed by atoms with van der Waals surface area (Å²) in [6.45, 7) is 10.8. The summed E-state index contributed by atoms with van der Waals surface area (Å²) in [5, 5.41) is 6.88. The zero-order chi connectivity index (χ0) is 24.7. The highest BCUT2D eigenvalue weighted by Crippen LogP contribution is 2.20. The Morgan fingerprint density at radius 2 is 1.55 bits per heavy atom. The number of hydrogen-bond acceptors (Lipinski definition) is 6. The maximum atomic E-state index is 13.2. The lowest BCUT2D eigenvalue weighted by atomic mass is 10.1. The third kappa shape index (κ3) is 4.63. The number of carbonyl (C=O) groups is 1. The van der Waals surface area contributed by atoms with Gasteiger partial charge in [-0.3, -0.25) is 18.7 Å². The summed E-state index contributed by atoms with van der Waals surface area (Å²) < 4.78 is 29.5. The highest BCUT2D eigenvalue weighted by molar-refractivity contribution is 7.89. The van der Waals surface area contributed by atoms with Crippen LogP contribution in [0, 0.1) is 5.92 Å². The van der Waals surface area contributed by atoms with Crippen LogP contribution in [0.1, 0.15) is 60.0 Å². The molecule has 0 bridgehead atoms. The fourth-order valence-electron chi connectivity index (χ4n) is 3.54. The van der Waals surface area contributed by atoms with E-state index in [1.54, 1.807) is 27.7 Å². The molecule has 0 aliphatic rings. The van der Waals surface area contributed by atoms with Crippen molar-refractivity contribution in [2.24, 2.45) is 5.92 Å². The second kappa shape index (κ2) is 8.97. The highest BCUT2D eigenvalue weighted by Gasteiger charge is 2.24. The van der Waals surface area contributed by atoms with E-state index in [0.29, 0.717) is 16.2 Å². The molecule has 2 heterocycles. The van der Waals surface area contributed by atoms with Gasteiger partial charge in [-0.15, -0.1) is 5.10 Å². The molecule has 178 valence electrons. The first-order chi connectivity index (χ1) is 15.3. The molecular weight excluding hydrogens is 446 g/mol. The molecule has 33 heavy (non-hydrogen) atoms. The number of fused-ring (bicyclic) bond motifs is 1. The summed E-state index contributed by atoms with van der Waals surface area (Å²) in [7, 11) is -4.14. The fourth-order valence-corrected chi connectivity index (χ4v) is 4.67. The van der Waals surface area contributed by atoms with Gasteiger partial charge >= 0.3 is 5.69 Å². The van der Waals surface area contributed by atoms with E-state index in [-0.39, 0.29) is 33.8 Å². The Hall–Kier alpha value is -3.21. The van der Waals surface area contributed by atoms with Gasteiger partial charge in [0, 0.05) is 24.2 Å². The van der Waals surface area contributed by atoms with Gasteiger partial charge in [0.1, 0.15) is 5.39 Å². The number of nitrogens with zero attached hydrogens (tertiary/aromatic N) is 4. The average molecular weight is 476 g/mol. The van der Waals surface area contributed by atoms with Crippen LogP contribution in [0.15, 0.2) is 44.9 Å². The monoisotopic (exact) mass is 475 g/mol. The van der Waals surface area contributed by atoms with Gasteiger partial charge in [-0.1, -0.05) is 13.8 Å². The highest BCUT2D eigenvalue weighted by atomic mass is 32.2. The van der Waals surface area contributed by atoms with Gasteiger partial charge in [0.05, 0.1) is 11.1 Å². The summed E-state index contributed by atoms with van der Waals surface area (Å²) in [6, 6.07) is 4.94. The van der Waals surface area contributed by atoms with Crippen LogP contribution in [0.5, 0.6) is 0 Å². The van der Waals surface area contributed by atoms with E-state index in [2.05, 4.69) is 10.4 Å². The van der Waals surface area contributed by atoms with Gasteiger partial charge in [0.25, 0.3) is 15.6 Å². The van der Waals surface area contributed by atoms with Crippen LogP contribution in [0.2, 0.25) is 0 Å². The minimum Gasteiger partial charge on any atom is -0.326 e. The van der Waals surface area contributed by atoms with E-state index in [1.165, 1.54) is 28.8 Å². The molecule has 0 saturated heterocycles. The molecule has 10 nitrogen and oxygen atoms in total. The van der Waals surface area contributed by atoms with Crippen molar-refractivity contribution in [2.75, 3.05) is 5.32 Å². The van der Waals surface area contributed by atoms with Crippen molar-refractivity contribution < 1.29 is 13.2 Å². The van der Waals surface area contributed by atoms with Gasteiger partial charge in [-0.05, 0) is 57.9 Å². The van der Waals surface area contributed by atoms with Crippen molar-refractivity contribution in [3.05, 3.63) is 51.3 Å². The first-order valence-corrected chi connectivity index (χ1v) is 12.2. The summed E-state index contributed by atoms with van der Waals surface area (Å²) in [5.41, 5.74) is -0.648. The van der Waals surface area contributed by atoms with E-state index in [0.717, 1.165) is 10.8 Å². The van der Waals surface area contributed by atoms with Crippen molar-refractivity contribution in [2.45, 2.75) is 64.9 Å². The quantitative estimate of drug-likeness (QED) is 0.560. The molecule has 0 aliphatic carbocycles. The van der Waals surface area contributed by atoms with Crippen LogP contribution in [0.3, 0.4) is 0 Å². The van der Waals surface area contributed by atoms with Crippen LogP contribution in [-0.2, 0) is 14.8 Å². The second-order valence-corrected chi connectivity index (χ2v) is 10.7. The van der Waals surface area contributed by atoms with Crippen LogP contribution >= 0.6 is 0 Å². The zero-order valence-electron chi connectivity index (χ0n) is 19.6. The molecule has 3 rings (SSSR count). The number of nitrogens with one attached hydrogen (secondary N) is 1. The number of aromatic nitrogens is 4. The average Bonchev–Trinajstić information content (AvgIpc) is 3.13. The fraction of sp³-hybridized carbons (Fsp3) is 0.455. The molecule has 1 aromatic carbocycles. The normalized spacial score (nSPS) is 12.3. The molecule has 11 heteroatoms. The summed E-state index contributed by atoms with van der Waals surface area (Å²) in [6.07, 6.45) is 1.49. The Morgan fingerprint density at radius 3 is 2.06 bits per heavy atom. The smallest absolute Gasteiger partial charge is 0.326 e.